The minimum atomic E-state index is -0.484. The molecule has 1 heterocycles. The first-order valence-electron chi connectivity index (χ1n) is 3.50. The van der Waals surface area contributed by atoms with Crippen molar-refractivity contribution in [3.63, 3.8) is 0 Å². The summed E-state index contributed by atoms with van der Waals surface area (Å²) in [5, 5.41) is 0. The van der Waals surface area contributed by atoms with E-state index in [1.54, 1.807) is 6.20 Å². The van der Waals surface area contributed by atoms with Gasteiger partial charge in [0.15, 0.2) is 5.69 Å². The SMILES string of the molecule is CCc1cncc(C(=O)[O][Al])n1. The van der Waals surface area contributed by atoms with Gasteiger partial charge >= 0.3 is 22.6 Å². The third-order valence-electron chi connectivity index (χ3n) is 1.36. The summed E-state index contributed by atoms with van der Waals surface area (Å²) in [6.45, 7) is 1.94. The van der Waals surface area contributed by atoms with Crippen LogP contribution in [0, 0.1) is 0 Å². The topological polar surface area (TPSA) is 52.1 Å². The Morgan fingerprint density at radius 2 is 2.42 bits per heavy atom. The van der Waals surface area contributed by atoms with Crippen molar-refractivity contribution in [3.05, 3.63) is 23.8 Å². The summed E-state index contributed by atoms with van der Waals surface area (Å²) in [6.07, 6.45) is 3.76. The van der Waals surface area contributed by atoms with E-state index < -0.39 is 5.97 Å². The number of hydrogen-bond acceptors (Lipinski definition) is 4. The van der Waals surface area contributed by atoms with E-state index in [1.807, 2.05) is 23.5 Å². The molecule has 0 spiro atoms. The molecule has 1 aromatic heterocycles. The van der Waals surface area contributed by atoms with E-state index in [9.17, 15) is 4.79 Å². The van der Waals surface area contributed by atoms with Gasteiger partial charge in [-0.15, -0.1) is 0 Å². The molecule has 0 atom stereocenters. The van der Waals surface area contributed by atoms with E-state index in [4.69, 9.17) is 0 Å². The van der Waals surface area contributed by atoms with Crippen molar-refractivity contribution in [2.24, 2.45) is 0 Å². The number of carbonyl (C=O) groups is 1. The Labute approximate surface area is 78.7 Å². The highest BCUT2D eigenvalue weighted by Crippen LogP contribution is 1.98. The zero-order valence-electron chi connectivity index (χ0n) is 6.65. The van der Waals surface area contributed by atoms with Crippen LogP contribution >= 0.6 is 0 Å². The van der Waals surface area contributed by atoms with Gasteiger partial charge in [0.1, 0.15) is 0 Å². The summed E-state index contributed by atoms with van der Waals surface area (Å²) in [5.74, 6) is -0.484. The van der Waals surface area contributed by atoms with Crippen LogP contribution in [0.4, 0.5) is 0 Å². The van der Waals surface area contributed by atoms with Crippen LogP contribution in [0.5, 0.6) is 0 Å². The first-order valence-corrected chi connectivity index (χ1v) is 3.97. The summed E-state index contributed by atoms with van der Waals surface area (Å²) < 4.78 is 4.41. The van der Waals surface area contributed by atoms with Crippen LogP contribution in [0.3, 0.4) is 0 Å². The molecule has 0 saturated carbocycles. The molecule has 0 saturated heterocycles. The monoisotopic (exact) mass is 178 g/mol. The fourth-order valence-corrected chi connectivity index (χ4v) is 0.856. The number of carbonyl (C=O) groups excluding carboxylic acids is 1. The van der Waals surface area contributed by atoms with Crippen molar-refractivity contribution < 1.29 is 8.58 Å². The Morgan fingerprint density at radius 1 is 1.67 bits per heavy atom. The number of hydrogen-bond donors (Lipinski definition) is 0. The summed E-state index contributed by atoms with van der Waals surface area (Å²) in [6, 6.07) is 0. The number of nitrogens with zero attached hydrogens (tertiary/aromatic N) is 2. The molecule has 0 aromatic carbocycles. The molecule has 4 nitrogen and oxygen atoms in total. The highest BCUT2D eigenvalue weighted by atomic mass is 27.1. The number of rotatable bonds is 2. The van der Waals surface area contributed by atoms with Gasteiger partial charge in [-0.3, -0.25) is 4.98 Å². The van der Waals surface area contributed by atoms with Gasteiger partial charge in [0, 0.05) is 6.20 Å². The van der Waals surface area contributed by atoms with Crippen molar-refractivity contribution in [1.29, 1.82) is 0 Å². The standard InChI is InChI=1S/C7H8N2O2.Al/c1-2-5-3-8-4-6(9-5)7(10)11;/h3-4H,2H2,1H3,(H,10,11);/q;+1/p-1. The fraction of sp³-hybridized carbons (Fsp3) is 0.286. The van der Waals surface area contributed by atoms with E-state index in [2.05, 4.69) is 13.8 Å². The third kappa shape index (κ3) is 2.03. The van der Waals surface area contributed by atoms with Gasteiger partial charge in [-0.25, -0.2) is 9.78 Å². The van der Waals surface area contributed by atoms with Gasteiger partial charge in [-0.1, -0.05) is 6.92 Å². The molecule has 0 aliphatic carbocycles. The van der Waals surface area contributed by atoms with Crippen LogP contribution in [0.2, 0.25) is 0 Å². The average Bonchev–Trinajstić information content (AvgIpc) is 2.17. The highest BCUT2D eigenvalue weighted by Gasteiger charge is 2.05. The summed E-state index contributed by atoms with van der Waals surface area (Å²) in [7, 11) is 0. The molecular weight excluding hydrogens is 171 g/mol. The Kier molecular flexibility index (Phi) is 3.21. The second kappa shape index (κ2) is 4.19. The second-order valence-corrected chi connectivity index (χ2v) is 2.39. The lowest BCUT2D eigenvalue weighted by Gasteiger charge is -2.00. The first kappa shape index (κ1) is 9.17. The Hall–Kier alpha value is -0.918. The smallest absolute Gasteiger partial charge is 0.485 e. The third-order valence-corrected chi connectivity index (χ3v) is 1.58. The van der Waals surface area contributed by atoms with Crippen molar-refractivity contribution in [2.75, 3.05) is 0 Å². The molecule has 0 aliphatic heterocycles. The molecule has 0 amide bonds. The number of aromatic nitrogens is 2. The van der Waals surface area contributed by atoms with Crippen LogP contribution in [-0.4, -0.2) is 32.6 Å². The largest absolute Gasteiger partial charge is 0.623 e. The first-order chi connectivity index (χ1) is 5.77. The van der Waals surface area contributed by atoms with Crippen LogP contribution in [0.25, 0.3) is 0 Å². The van der Waals surface area contributed by atoms with Crippen molar-refractivity contribution in [1.82, 2.24) is 9.97 Å². The zero-order chi connectivity index (χ0) is 8.97. The second-order valence-electron chi connectivity index (χ2n) is 2.15. The highest BCUT2D eigenvalue weighted by molar-refractivity contribution is 6.08. The van der Waals surface area contributed by atoms with Gasteiger partial charge in [-0.2, -0.15) is 0 Å². The maximum Gasteiger partial charge on any atom is 0.485 e. The molecule has 2 radical (unpaired) electrons. The lowest BCUT2D eigenvalue weighted by molar-refractivity contribution is 0.0742. The van der Waals surface area contributed by atoms with E-state index in [0.29, 0.717) is 0 Å². The Balaban J connectivity index is 2.93. The lowest BCUT2D eigenvalue weighted by Crippen LogP contribution is -2.07. The maximum atomic E-state index is 10.9. The van der Waals surface area contributed by atoms with E-state index in [1.165, 1.54) is 6.20 Å². The molecule has 60 valence electrons. The lowest BCUT2D eigenvalue weighted by atomic mass is 10.3. The van der Waals surface area contributed by atoms with Gasteiger partial charge in [0.2, 0.25) is 0 Å². The predicted molar refractivity (Wildman–Crippen MR) is 42.6 cm³/mol. The summed E-state index contributed by atoms with van der Waals surface area (Å²) in [5.41, 5.74) is 1.02. The van der Waals surface area contributed by atoms with Gasteiger partial charge in [0.05, 0.1) is 11.9 Å². The van der Waals surface area contributed by atoms with Crippen molar-refractivity contribution in [3.8, 4) is 0 Å². The Bertz CT molecular complexity index is 290. The molecular formula is C7H7AlN2O2. The molecule has 0 fully saturated rings. The maximum absolute atomic E-state index is 10.9. The predicted octanol–water partition coefficient (Wildman–Crippen LogP) is 0.279. The molecule has 0 bridgehead atoms. The quantitative estimate of drug-likeness (QED) is 0.610. The molecule has 5 heteroatoms. The van der Waals surface area contributed by atoms with Crippen molar-refractivity contribution in [2.45, 2.75) is 13.3 Å². The number of aryl methyl sites for hydroxylation is 1. The van der Waals surface area contributed by atoms with Crippen LogP contribution in [-0.2, 0) is 10.2 Å². The average molecular weight is 178 g/mol. The van der Waals surface area contributed by atoms with Crippen LogP contribution in [0.15, 0.2) is 12.4 Å². The van der Waals surface area contributed by atoms with Crippen LogP contribution < -0.4 is 0 Å². The van der Waals surface area contributed by atoms with Gasteiger partial charge < -0.3 is 3.79 Å². The zero-order valence-corrected chi connectivity index (χ0v) is 7.80. The molecule has 1 aromatic rings. The van der Waals surface area contributed by atoms with Gasteiger partial charge in [0.25, 0.3) is 0 Å². The van der Waals surface area contributed by atoms with E-state index in [0.717, 1.165) is 12.1 Å². The normalized spacial score (nSPS) is 9.42. The molecule has 1 rings (SSSR count). The molecule has 0 N–H and O–H groups in total. The summed E-state index contributed by atoms with van der Waals surface area (Å²) >= 11 is 1.88. The minimum Gasteiger partial charge on any atom is -0.623 e. The minimum absolute atomic E-state index is 0.240. The van der Waals surface area contributed by atoms with Crippen LogP contribution in [0.1, 0.15) is 23.1 Å². The summed E-state index contributed by atoms with van der Waals surface area (Å²) in [4.78, 5) is 18.8. The molecule has 0 unspecified atom stereocenters. The van der Waals surface area contributed by atoms with E-state index >= 15 is 0 Å². The molecule has 12 heavy (non-hydrogen) atoms. The Morgan fingerprint density at radius 3 is 3.00 bits per heavy atom. The fourth-order valence-electron chi connectivity index (χ4n) is 0.735. The van der Waals surface area contributed by atoms with Crippen molar-refractivity contribution >= 4 is 22.6 Å². The van der Waals surface area contributed by atoms with E-state index in [-0.39, 0.29) is 5.69 Å². The molecule has 0 aliphatic rings. The van der Waals surface area contributed by atoms with Gasteiger partial charge in [-0.05, 0) is 6.42 Å².